The molecule has 2 aromatic rings. The van der Waals surface area contributed by atoms with Crippen molar-refractivity contribution in [1.82, 2.24) is 4.98 Å². The van der Waals surface area contributed by atoms with Crippen LogP contribution in [0.3, 0.4) is 0 Å². The predicted molar refractivity (Wildman–Crippen MR) is 70.9 cm³/mol. The Morgan fingerprint density at radius 3 is 2.56 bits per heavy atom. The molecule has 2 rings (SSSR count). The summed E-state index contributed by atoms with van der Waals surface area (Å²) in [5, 5.41) is -0.697. The molecule has 92 valence electrons. The summed E-state index contributed by atoms with van der Waals surface area (Å²) in [6, 6.07) is 12.1. The SMILES string of the molecule is Cc1ccc(S(=O)/C(F)=C\c2ccccn2)cc1. The van der Waals surface area contributed by atoms with E-state index in [9.17, 15) is 8.60 Å². The predicted octanol–water partition coefficient (Wildman–Crippen LogP) is 3.47. The van der Waals surface area contributed by atoms with Crippen LogP contribution in [0.5, 0.6) is 0 Å². The van der Waals surface area contributed by atoms with Crippen molar-refractivity contribution in [3.05, 3.63) is 65.1 Å². The lowest BCUT2D eigenvalue weighted by atomic mass is 10.2. The number of nitrogens with zero attached hydrogens (tertiary/aromatic N) is 1. The second-order valence-electron chi connectivity index (χ2n) is 3.78. The largest absolute Gasteiger partial charge is 0.257 e. The molecule has 0 radical (unpaired) electrons. The van der Waals surface area contributed by atoms with Crippen molar-refractivity contribution in [3.63, 3.8) is 0 Å². The topological polar surface area (TPSA) is 30.0 Å². The first-order valence-electron chi connectivity index (χ1n) is 5.43. The van der Waals surface area contributed by atoms with Gasteiger partial charge in [-0.1, -0.05) is 23.8 Å². The minimum Gasteiger partial charge on any atom is -0.257 e. The molecule has 1 aromatic carbocycles. The summed E-state index contributed by atoms with van der Waals surface area (Å²) < 4.78 is 25.7. The van der Waals surface area contributed by atoms with Gasteiger partial charge in [-0.2, -0.15) is 4.39 Å². The molecule has 4 heteroatoms. The fraction of sp³-hybridized carbons (Fsp3) is 0.0714. The maximum Gasteiger partial charge on any atom is 0.193 e. The van der Waals surface area contributed by atoms with Crippen LogP contribution in [0.15, 0.2) is 58.7 Å². The summed E-state index contributed by atoms with van der Waals surface area (Å²) in [6.45, 7) is 1.92. The summed E-state index contributed by atoms with van der Waals surface area (Å²) in [4.78, 5) is 4.41. The van der Waals surface area contributed by atoms with E-state index in [4.69, 9.17) is 0 Å². The van der Waals surface area contributed by atoms with E-state index < -0.39 is 16.0 Å². The first kappa shape index (κ1) is 12.6. The van der Waals surface area contributed by atoms with E-state index in [1.165, 1.54) is 6.08 Å². The number of rotatable bonds is 3. The molecule has 1 heterocycles. The zero-order valence-electron chi connectivity index (χ0n) is 9.84. The molecule has 0 fully saturated rings. The van der Waals surface area contributed by atoms with Gasteiger partial charge in [-0.3, -0.25) is 4.98 Å². The lowest BCUT2D eigenvalue weighted by Crippen LogP contribution is -1.92. The van der Waals surface area contributed by atoms with E-state index in [-0.39, 0.29) is 0 Å². The molecule has 0 aliphatic rings. The van der Waals surface area contributed by atoms with Gasteiger partial charge in [0.15, 0.2) is 5.16 Å². The normalized spacial score (nSPS) is 13.3. The monoisotopic (exact) mass is 261 g/mol. The van der Waals surface area contributed by atoms with Gasteiger partial charge in [0.2, 0.25) is 0 Å². The highest BCUT2D eigenvalue weighted by atomic mass is 32.2. The van der Waals surface area contributed by atoms with Crippen molar-refractivity contribution in [2.45, 2.75) is 11.8 Å². The average Bonchev–Trinajstić information content (AvgIpc) is 2.40. The zero-order chi connectivity index (χ0) is 13.0. The van der Waals surface area contributed by atoms with Gasteiger partial charge in [-0.05, 0) is 31.2 Å². The Morgan fingerprint density at radius 2 is 1.94 bits per heavy atom. The van der Waals surface area contributed by atoms with Crippen LogP contribution in [0.4, 0.5) is 4.39 Å². The molecule has 0 spiro atoms. The number of pyridine rings is 1. The molecular weight excluding hydrogens is 249 g/mol. The van der Waals surface area contributed by atoms with E-state index in [1.807, 2.05) is 6.92 Å². The van der Waals surface area contributed by atoms with Crippen molar-refractivity contribution < 1.29 is 8.60 Å². The quantitative estimate of drug-likeness (QED) is 0.846. The molecule has 1 aromatic heterocycles. The molecule has 1 unspecified atom stereocenters. The Morgan fingerprint density at radius 1 is 1.22 bits per heavy atom. The maximum absolute atomic E-state index is 13.8. The van der Waals surface area contributed by atoms with Crippen LogP contribution in [0.1, 0.15) is 11.3 Å². The van der Waals surface area contributed by atoms with Crippen molar-refractivity contribution in [3.8, 4) is 0 Å². The van der Waals surface area contributed by atoms with Crippen LogP contribution in [-0.4, -0.2) is 9.19 Å². The van der Waals surface area contributed by atoms with Gasteiger partial charge in [0.1, 0.15) is 10.8 Å². The number of benzene rings is 1. The minimum absolute atomic E-state index is 0.449. The highest BCUT2D eigenvalue weighted by molar-refractivity contribution is 7.89. The van der Waals surface area contributed by atoms with Gasteiger partial charge in [0, 0.05) is 17.2 Å². The Bertz CT molecular complexity index is 579. The highest BCUT2D eigenvalue weighted by Gasteiger charge is 2.09. The highest BCUT2D eigenvalue weighted by Crippen LogP contribution is 2.18. The lowest BCUT2D eigenvalue weighted by Gasteiger charge is -2.00. The van der Waals surface area contributed by atoms with Crippen LogP contribution < -0.4 is 0 Å². The Balaban J connectivity index is 2.24. The van der Waals surface area contributed by atoms with Crippen LogP contribution in [0.2, 0.25) is 0 Å². The third-order valence-corrected chi connectivity index (χ3v) is 3.53. The van der Waals surface area contributed by atoms with Crippen LogP contribution >= 0.6 is 0 Å². The minimum atomic E-state index is -1.78. The van der Waals surface area contributed by atoms with Crippen LogP contribution in [0, 0.1) is 6.92 Å². The van der Waals surface area contributed by atoms with Crippen molar-refractivity contribution in [2.24, 2.45) is 0 Å². The van der Waals surface area contributed by atoms with Gasteiger partial charge in [0.25, 0.3) is 0 Å². The summed E-state index contributed by atoms with van der Waals surface area (Å²) in [5.74, 6) is 0. The standard InChI is InChI=1S/C14H12FNOS/c1-11-5-7-13(8-6-11)18(17)14(15)10-12-4-2-3-9-16-12/h2-10H,1H3/b14-10-. The fourth-order valence-electron chi connectivity index (χ4n) is 1.41. The van der Waals surface area contributed by atoms with Gasteiger partial charge in [-0.15, -0.1) is 0 Å². The van der Waals surface area contributed by atoms with Crippen molar-refractivity contribution in [1.29, 1.82) is 0 Å². The second kappa shape index (κ2) is 5.69. The summed E-state index contributed by atoms with van der Waals surface area (Å²) in [5.41, 5.74) is 1.50. The molecule has 0 bridgehead atoms. The third kappa shape index (κ3) is 3.11. The Hall–Kier alpha value is -1.81. The maximum atomic E-state index is 13.8. The Kier molecular flexibility index (Phi) is 3.99. The molecule has 2 nitrogen and oxygen atoms in total. The van der Waals surface area contributed by atoms with E-state index in [1.54, 1.807) is 48.7 Å². The Labute approximate surface area is 108 Å². The molecule has 0 amide bonds. The first-order valence-corrected chi connectivity index (χ1v) is 6.58. The molecule has 0 aliphatic carbocycles. The molecule has 0 aliphatic heterocycles. The molecule has 18 heavy (non-hydrogen) atoms. The summed E-state index contributed by atoms with van der Waals surface area (Å²) in [6.07, 6.45) is 2.75. The lowest BCUT2D eigenvalue weighted by molar-refractivity contribution is 0.653. The molecule has 0 N–H and O–H groups in total. The van der Waals surface area contributed by atoms with E-state index in [2.05, 4.69) is 4.98 Å². The molecular formula is C14H12FNOS. The number of aryl methyl sites for hydroxylation is 1. The first-order chi connectivity index (χ1) is 8.66. The summed E-state index contributed by atoms with van der Waals surface area (Å²) in [7, 11) is -1.78. The van der Waals surface area contributed by atoms with Crippen molar-refractivity contribution in [2.75, 3.05) is 0 Å². The number of hydrogen-bond acceptors (Lipinski definition) is 2. The van der Waals surface area contributed by atoms with Gasteiger partial charge < -0.3 is 0 Å². The average molecular weight is 261 g/mol. The van der Waals surface area contributed by atoms with Gasteiger partial charge >= 0.3 is 0 Å². The van der Waals surface area contributed by atoms with E-state index in [0.717, 1.165) is 5.56 Å². The fourth-order valence-corrected chi connectivity index (χ4v) is 2.24. The van der Waals surface area contributed by atoms with Crippen LogP contribution in [0.25, 0.3) is 6.08 Å². The number of aromatic nitrogens is 1. The number of hydrogen-bond donors (Lipinski definition) is 0. The molecule has 0 saturated carbocycles. The van der Waals surface area contributed by atoms with Gasteiger partial charge in [0.05, 0.1) is 5.69 Å². The third-order valence-electron chi connectivity index (χ3n) is 2.36. The smallest absolute Gasteiger partial charge is 0.193 e. The van der Waals surface area contributed by atoms with E-state index in [0.29, 0.717) is 10.6 Å². The zero-order valence-corrected chi connectivity index (χ0v) is 10.7. The molecule has 1 atom stereocenters. The van der Waals surface area contributed by atoms with E-state index >= 15 is 0 Å². The van der Waals surface area contributed by atoms with Crippen LogP contribution in [-0.2, 0) is 10.8 Å². The van der Waals surface area contributed by atoms with Gasteiger partial charge in [-0.25, -0.2) is 4.21 Å². The summed E-state index contributed by atoms with van der Waals surface area (Å²) >= 11 is 0. The second-order valence-corrected chi connectivity index (χ2v) is 5.18. The number of halogens is 1. The van der Waals surface area contributed by atoms with Crippen molar-refractivity contribution >= 4 is 16.9 Å². The molecule has 0 saturated heterocycles.